The summed E-state index contributed by atoms with van der Waals surface area (Å²) in [6.45, 7) is 1.03. The first-order chi connectivity index (χ1) is 9.29. The highest BCUT2D eigenvalue weighted by atomic mass is 35.5. The topological polar surface area (TPSA) is 3.24 Å². The van der Waals surface area contributed by atoms with Crippen LogP contribution in [0.4, 0.5) is 11.4 Å². The van der Waals surface area contributed by atoms with E-state index in [0.717, 1.165) is 23.6 Å². The molecule has 1 aliphatic rings. The molecule has 0 radical (unpaired) electrons. The molecule has 0 unspecified atom stereocenters. The Kier molecular flexibility index (Phi) is 3.67. The molecule has 0 N–H and O–H groups in total. The van der Waals surface area contributed by atoms with Crippen molar-refractivity contribution in [1.29, 1.82) is 0 Å². The fraction of sp³-hybridized carbons (Fsp3) is 0.250. The van der Waals surface area contributed by atoms with E-state index in [-0.39, 0.29) is 0 Å². The minimum Gasteiger partial charge on any atom is -0.341 e. The van der Waals surface area contributed by atoms with E-state index in [1.165, 1.54) is 23.4 Å². The first kappa shape index (κ1) is 12.8. The summed E-state index contributed by atoms with van der Waals surface area (Å²) in [4.78, 5) is 2.35. The van der Waals surface area contributed by atoms with Gasteiger partial charge in [-0.15, -0.1) is 11.6 Å². The summed E-state index contributed by atoms with van der Waals surface area (Å²) in [5, 5.41) is 0.740. The zero-order valence-corrected chi connectivity index (χ0v) is 12.1. The van der Waals surface area contributed by atoms with Gasteiger partial charge < -0.3 is 4.90 Å². The zero-order chi connectivity index (χ0) is 13.2. The Morgan fingerprint density at radius 1 is 1.05 bits per heavy atom. The van der Waals surface area contributed by atoms with Crippen LogP contribution in [0.15, 0.2) is 42.5 Å². The lowest BCUT2D eigenvalue weighted by Crippen LogP contribution is -2.25. The average molecular weight is 292 g/mol. The van der Waals surface area contributed by atoms with Gasteiger partial charge in [-0.25, -0.2) is 0 Å². The Morgan fingerprint density at radius 2 is 1.89 bits per heavy atom. The summed E-state index contributed by atoms with van der Waals surface area (Å²) in [5.41, 5.74) is 4.96. The van der Waals surface area contributed by atoms with Crippen molar-refractivity contribution in [2.24, 2.45) is 0 Å². The standard InChI is InChI=1S/C16H15Cl2N/c17-11-13-10-14(18)7-8-16(13)19-9-3-5-12-4-1-2-6-15(12)19/h1-2,4,6-8,10H,3,5,9,11H2. The summed E-state index contributed by atoms with van der Waals surface area (Å²) in [5.74, 6) is 0.481. The predicted molar refractivity (Wildman–Crippen MR) is 82.8 cm³/mol. The van der Waals surface area contributed by atoms with Crippen LogP contribution in [0.3, 0.4) is 0 Å². The number of anilines is 2. The number of rotatable bonds is 2. The number of alkyl halides is 1. The van der Waals surface area contributed by atoms with Crippen LogP contribution < -0.4 is 4.90 Å². The second-order valence-electron chi connectivity index (χ2n) is 4.79. The molecule has 19 heavy (non-hydrogen) atoms. The summed E-state index contributed by atoms with van der Waals surface area (Å²) in [6, 6.07) is 14.5. The van der Waals surface area contributed by atoms with E-state index in [1.807, 2.05) is 12.1 Å². The Morgan fingerprint density at radius 3 is 2.74 bits per heavy atom. The number of nitrogens with zero attached hydrogens (tertiary/aromatic N) is 1. The maximum absolute atomic E-state index is 6.07. The summed E-state index contributed by atoms with van der Waals surface area (Å²) in [7, 11) is 0. The van der Waals surface area contributed by atoms with E-state index in [1.54, 1.807) is 0 Å². The molecule has 0 aromatic heterocycles. The molecule has 0 bridgehead atoms. The number of para-hydroxylation sites is 1. The van der Waals surface area contributed by atoms with Crippen molar-refractivity contribution in [1.82, 2.24) is 0 Å². The van der Waals surface area contributed by atoms with Crippen LogP contribution in [-0.2, 0) is 12.3 Å². The number of benzene rings is 2. The van der Waals surface area contributed by atoms with E-state index in [2.05, 4.69) is 35.2 Å². The van der Waals surface area contributed by atoms with Crippen LogP contribution in [0, 0.1) is 0 Å². The van der Waals surface area contributed by atoms with Gasteiger partial charge in [-0.2, -0.15) is 0 Å². The minimum absolute atomic E-state index is 0.481. The van der Waals surface area contributed by atoms with Gasteiger partial charge in [0.05, 0.1) is 0 Å². The quantitative estimate of drug-likeness (QED) is 0.691. The van der Waals surface area contributed by atoms with Gasteiger partial charge in [-0.05, 0) is 48.2 Å². The maximum Gasteiger partial charge on any atom is 0.0495 e. The van der Waals surface area contributed by atoms with Crippen LogP contribution in [0.5, 0.6) is 0 Å². The molecular formula is C16H15Cl2N. The molecule has 98 valence electrons. The van der Waals surface area contributed by atoms with Crippen molar-refractivity contribution >= 4 is 34.6 Å². The van der Waals surface area contributed by atoms with Gasteiger partial charge in [0.2, 0.25) is 0 Å². The molecule has 3 rings (SSSR count). The molecule has 0 saturated carbocycles. The molecule has 1 heterocycles. The van der Waals surface area contributed by atoms with E-state index in [4.69, 9.17) is 23.2 Å². The predicted octanol–water partition coefficient (Wildman–Crippen LogP) is 5.16. The molecule has 2 aromatic rings. The first-order valence-electron chi connectivity index (χ1n) is 6.49. The van der Waals surface area contributed by atoms with Gasteiger partial charge in [0.15, 0.2) is 0 Å². The number of hydrogen-bond donors (Lipinski definition) is 0. The zero-order valence-electron chi connectivity index (χ0n) is 10.6. The lowest BCUT2D eigenvalue weighted by atomic mass is 10.0. The van der Waals surface area contributed by atoms with Crippen molar-refractivity contribution in [2.45, 2.75) is 18.7 Å². The van der Waals surface area contributed by atoms with Gasteiger partial charge in [-0.3, -0.25) is 0 Å². The molecule has 0 fully saturated rings. The van der Waals surface area contributed by atoms with Crippen LogP contribution in [0.2, 0.25) is 5.02 Å². The van der Waals surface area contributed by atoms with E-state index in [0.29, 0.717) is 5.88 Å². The highest BCUT2D eigenvalue weighted by molar-refractivity contribution is 6.30. The second kappa shape index (κ2) is 5.44. The summed E-state index contributed by atoms with van der Waals surface area (Å²) >= 11 is 12.1. The highest BCUT2D eigenvalue weighted by Gasteiger charge is 2.19. The Balaban J connectivity index is 2.09. The molecule has 0 spiro atoms. The number of hydrogen-bond acceptors (Lipinski definition) is 1. The normalized spacial score (nSPS) is 14.3. The Hall–Kier alpha value is -1.18. The minimum atomic E-state index is 0.481. The van der Waals surface area contributed by atoms with Gasteiger partial charge in [-0.1, -0.05) is 29.8 Å². The van der Waals surface area contributed by atoms with Gasteiger partial charge in [0, 0.05) is 28.8 Å². The lowest BCUT2D eigenvalue weighted by molar-refractivity contribution is 0.765. The lowest BCUT2D eigenvalue weighted by Gasteiger charge is -2.32. The van der Waals surface area contributed by atoms with Crippen molar-refractivity contribution < 1.29 is 0 Å². The SMILES string of the molecule is ClCc1cc(Cl)ccc1N1CCCc2ccccc21. The van der Waals surface area contributed by atoms with Crippen molar-refractivity contribution in [3.05, 3.63) is 58.6 Å². The largest absolute Gasteiger partial charge is 0.341 e. The first-order valence-corrected chi connectivity index (χ1v) is 7.40. The van der Waals surface area contributed by atoms with Gasteiger partial charge >= 0.3 is 0 Å². The number of fused-ring (bicyclic) bond motifs is 1. The van der Waals surface area contributed by atoms with Crippen LogP contribution in [0.25, 0.3) is 0 Å². The second-order valence-corrected chi connectivity index (χ2v) is 5.49. The molecule has 0 atom stereocenters. The fourth-order valence-corrected chi connectivity index (χ4v) is 3.12. The molecule has 1 nitrogen and oxygen atoms in total. The smallest absolute Gasteiger partial charge is 0.0495 e. The van der Waals surface area contributed by atoms with Crippen LogP contribution in [-0.4, -0.2) is 6.54 Å². The molecule has 3 heteroatoms. The molecule has 2 aromatic carbocycles. The third-order valence-electron chi connectivity index (χ3n) is 3.59. The number of aryl methyl sites for hydroxylation is 1. The Labute approximate surface area is 123 Å². The highest BCUT2D eigenvalue weighted by Crippen LogP contribution is 2.36. The molecule has 0 aliphatic carbocycles. The van der Waals surface area contributed by atoms with E-state index in [9.17, 15) is 0 Å². The summed E-state index contributed by atoms with van der Waals surface area (Å²) < 4.78 is 0. The van der Waals surface area contributed by atoms with Crippen molar-refractivity contribution in [3.8, 4) is 0 Å². The fourth-order valence-electron chi connectivity index (χ4n) is 2.71. The van der Waals surface area contributed by atoms with E-state index < -0.39 is 0 Å². The van der Waals surface area contributed by atoms with Crippen LogP contribution in [0.1, 0.15) is 17.5 Å². The average Bonchev–Trinajstić information content (AvgIpc) is 2.46. The molecule has 0 saturated heterocycles. The van der Waals surface area contributed by atoms with Gasteiger partial charge in [0.25, 0.3) is 0 Å². The maximum atomic E-state index is 6.07. The third-order valence-corrected chi connectivity index (χ3v) is 4.11. The van der Waals surface area contributed by atoms with Crippen molar-refractivity contribution in [2.75, 3.05) is 11.4 Å². The van der Waals surface area contributed by atoms with Gasteiger partial charge in [0.1, 0.15) is 0 Å². The molecule has 0 amide bonds. The van der Waals surface area contributed by atoms with Crippen molar-refractivity contribution in [3.63, 3.8) is 0 Å². The Bertz CT molecular complexity index is 595. The third kappa shape index (κ3) is 2.45. The molecular weight excluding hydrogens is 277 g/mol. The number of halogens is 2. The summed E-state index contributed by atoms with van der Waals surface area (Å²) in [6.07, 6.45) is 2.32. The molecule has 1 aliphatic heterocycles. The monoisotopic (exact) mass is 291 g/mol. The van der Waals surface area contributed by atoms with E-state index >= 15 is 0 Å². The van der Waals surface area contributed by atoms with Crippen LogP contribution >= 0.6 is 23.2 Å².